The number of rotatable bonds is 1. The predicted molar refractivity (Wildman–Crippen MR) is 96.0 cm³/mol. The SMILES string of the molecule is CN1CCC(=O)Nc2cc(C(=O)N3CC[C@@H](N)C3)ccc21.Cl.Cl. The van der Waals surface area contributed by atoms with Crippen LogP contribution in [0.2, 0.25) is 0 Å². The first-order chi connectivity index (χ1) is 10.0. The molecule has 1 atom stereocenters. The molecule has 0 unspecified atom stereocenters. The molecule has 1 aromatic carbocycles. The van der Waals surface area contributed by atoms with Crippen LogP contribution in [-0.2, 0) is 4.79 Å². The van der Waals surface area contributed by atoms with Gasteiger partial charge in [0, 0.05) is 44.7 Å². The van der Waals surface area contributed by atoms with Crippen LogP contribution in [0.1, 0.15) is 23.2 Å². The van der Waals surface area contributed by atoms with E-state index in [1.807, 2.05) is 24.1 Å². The number of amides is 2. The molecule has 0 radical (unpaired) electrons. The topological polar surface area (TPSA) is 78.7 Å². The molecule has 2 amide bonds. The lowest BCUT2D eigenvalue weighted by Gasteiger charge is -2.20. The van der Waals surface area contributed by atoms with Crippen molar-refractivity contribution < 1.29 is 9.59 Å². The van der Waals surface area contributed by atoms with E-state index < -0.39 is 0 Å². The lowest BCUT2D eigenvalue weighted by Crippen LogP contribution is -2.32. The maximum Gasteiger partial charge on any atom is 0.253 e. The Morgan fingerprint density at radius 1 is 1.30 bits per heavy atom. The molecule has 8 heteroatoms. The Balaban J connectivity index is 0.00000132. The van der Waals surface area contributed by atoms with Gasteiger partial charge in [0.25, 0.3) is 5.91 Å². The normalized spacial score (nSPS) is 19.9. The minimum absolute atomic E-state index is 0. The standard InChI is InChI=1S/C15H20N4O2.2ClH/c1-18-6-5-14(20)17-12-8-10(2-3-13(12)18)15(21)19-7-4-11(16)9-19;;/h2-3,8,11H,4-7,9,16H2,1H3,(H,17,20);2*1H/t11-;;/m1../s1. The van der Waals surface area contributed by atoms with Crippen LogP contribution in [0.4, 0.5) is 11.4 Å². The van der Waals surface area contributed by atoms with Crippen LogP contribution in [0.5, 0.6) is 0 Å². The van der Waals surface area contributed by atoms with Crippen molar-refractivity contribution in [1.82, 2.24) is 4.90 Å². The first-order valence-electron chi connectivity index (χ1n) is 7.24. The average molecular weight is 361 g/mol. The number of nitrogens with one attached hydrogen (secondary N) is 1. The van der Waals surface area contributed by atoms with Gasteiger partial charge < -0.3 is 20.9 Å². The molecule has 2 aliphatic heterocycles. The summed E-state index contributed by atoms with van der Waals surface area (Å²) in [5, 5.41) is 2.87. The Labute approximate surface area is 148 Å². The van der Waals surface area contributed by atoms with Gasteiger partial charge >= 0.3 is 0 Å². The van der Waals surface area contributed by atoms with Crippen LogP contribution in [0.15, 0.2) is 18.2 Å². The number of anilines is 2. The Kier molecular flexibility index (Phi) is 6.68. The smallest absolute Gasteiger partial charge is 0.253 e. The Hall–Kier alpha value is -1.50. The molecule has 0 aromatic heterocycles. The minimum Gasteiger partial charge on any atom is -0.372 e. The third kappa shape index (κ3) is 4.07. The van der Waals surface area contributed by atoms with Crippen LogP contribution in [-0.4, -0.2) is 49.4 Å². The quantitative estimate of drug-likeness (QED) is 0.794. The van der Waals surface area contributed by atoms with Crippen molar-refractivity contribution >= 4 is 48.0 Å². The molecule has 1 aromatic rings. The molecular weight excluding hydrogens is 339 g/mol. The second-order valence-corrected chi connectivity index (χ2v) is 5.75. The molecule has 0 bridgehead atoms. The molecule has 2 heterocycles. The van der Waals surface area contributed by atoms with Crippen LogP contribution in [0.3, 0.4) is 0 Å². The fraction of sp³-hybridized carbons (Fsp3) is 0.467. The molecule has 3 rings (SSSR count). The van der Waals surface area contributed by atoms with Crippen molar-refractivity contribution in [2.45, 2.75) is 18.9 Å². The minimum atomic E-state index is -0.0214. The molecule has 0 aliphatic carbocycles. The highest BCUT2D eigenvalue weighted by Gasteiger charge is 2.25. The Morgan fingerprint density at radius 3 is 2.70 bits per heavy atom. The molecule has 128 valence electrons. The first kappa shape index (κ1) is 19.5. The Bertz CT molecular complexity index is 597. The van der Waals surface area contributed by atoms with Crippen molar-refractivity contribution in [3.63, 3.8) is 0 Å². The lowest BCUT2D eigenvalue weighted by molar-refractivity contribution is -0.115. The van der Waals surface area contributed by atoms with Gasteiger partial charge in [-0.25, -0.2) is 0 Å². The number of carbonyl (C=O) groups is 2. The number of likely N-dealkylation sites (tertiary alicyclic amines) is 1. The van der Waals surface area contributed by atoms with Gasteiger partial charge in [0.15, 0.2) is 0 Å². The van der Waals surface area contributed by atoms with Crippen molar-refractivity contribution in [3.8, 4) is 0 Å². The molecule has 23 heavy (non-hydrogen) atoms. The van der Waals surface area contributed by atoms with E-state index in [9.17, 15) is 9.59 Å². The maximum absolute atomic E-state index is 12.5. The van der Waals surface area contributed by atoms with Crippen molar-refractivity contribution in [1.29, 1.82) is 0 Å². The van der Waals surface area contributed by atoms with E-state index >= 15 is 0 Å². The van der Waals surface area contributed by atoms with Gasteiger partial charge in [-0.1, -0.05) is 0 Å². The van der Waals surface area contributed by atoms with Crippen molar-refractivity contribution in [2.24, 2.45) is 5.73 Å². The fourth-order valence-corrected chi connectivity index (χ4v) is 2.86. The number of hydrogen-bond acceptors (Lipinski definition) is 4. The second kappa shape index (κ2) is 7.86. The van der Waals surface area contributed by atoms with Gasteiger partial charge in [0.1, 0.15) is 0 Å². The van der Waals surface area contributed by atoms with E-state index in [4.69, 9.17) is 5.73 Å². The van der Waals surface area contributed by atoms with Crippen molar-refractivity contribution in [3.05, 3.63) is 23.8 Å². The van der Waals surface area contributed by atoms with Crippen LogP contribution < -0.4 is 16.0 Å². The van der Waals surface area contributed by atoms with E-state index in [0.29, 0.717) is 37.3 Å². The van der Waals surface area contributed by atoms with E-state index in [-0.39, 0.29) is 42.7 Å². The zero-order chi connectivity index (χ0) is 15.0. The second-order valence-electron chi connectivity index (χ2n) is 5.75. The number of nitrogens with zero attached hydrogens (tertiary/aromatic N) is 2. The van der Waals surface area contributed by atoms with Gasteiger partial charge in [-0.15, -0.1) is 24.8 Å². The summed E-state index contributed by atoms with van der Waals surface area (Å²) in [6, 6.07) is 5.55. The predicted octanol–water partition coefficient (Wildman–Crippen LogP) is 1.48. The molecule has 2 aliphatic rings. The number of hydrogen-bond donors (Lipinski definition) is 2. The Morgan fingerprint density at radius 2 is 2.04 bits per heavy atom. The highest BCUT2D eigenvalue weighted by molar-refractivity contribution is 6.01. The third-order valence-corrected chi connectivity index (χ3v) is 4.12. The zero-order valence-corrected chi connectivity index (χ0v) is 14.6. The molecule has 1 fully saturated rings. The fourth-order valence-electron chi connectivity index (χ4n) is 2.86. The zero-order valence-electron chi connectivity index (χ0n) is 12.9. The summed E-state index contributed by atoms with van der Waals surface area (Å²) in [7, 11) is 1.94. The summed E-state index contributed by atoms with van der Waals surface area (Å²) in [5.74, 6) is -0.0414. The number of fused-ring (bicyclic) bond motifs is 1. The molecule has 1 saturated heterocycles. The summed E-state index contributed by atoms with van der Waals surface area (Å²) in [5.41, 5.74) is 8.09. The van der Waals surface area contributed by atoms with E-state index in [1.54, 1.807) is 11.0 Å². The summed E-state index contributed by atoms with van der Waals surface area (Å²) in [6.45, 7) is 1.97. The summed E-state index contributed by atoms with van der Waals surface area (Å²) >= 11 is 0. The van der Waals surface area contributed by atoms with Crippen LogP contribution >= 0.6 is 24.8 Å². The first-order valence-corrected chi connectivity index (χ1v) is 7.24. The van der Waals surface area contributed by atoms with Crippen molar-refractivity contribution in [2.75, 3.05) is 36.9 Å². The largest absolute Gasteiger partial charge is 0.372 e. The molecule has 3 N–H and O–H groups in total. The number of nitrogens with two attached hydrogens (primary N) is 1. The highest BCUT2D eigenvalue weighted by atomic mass is 35.5. The average Bonchev–Trinajstić information content (AvgIpc) is 2.84. The summed E-state index contributed by atoms with van der Waals surface area (Å²) in [6.07, 6.45) is 1.30. The highest BCUT2D eigenvalue weighted by Crippen LogP contribution is 2.29. The summed E-state index contributed by atoms with van der Waals surface area (Å²) < 4.78 is 0. The van der Waals surface area contributed by atoms with Gasteiger partial charge in [-0.3, -0.25) is 9.59 Å². The number of benzene rings is 1. The lowest BCUT2D eigenvalue weighted by atomic mass is 10.1. The summed E-state index contributed by atoms with van der Waals surface area (Å²) in [4.78, 5) is 28.0. The maximum atomic E-state index is 12.5. The van der Waals surface area contributed by atoms with E-state index in [2.05, 4.69) is 5.32 Å². The van der Waals surface area contributed by atoms with Gasteiger partial charge in [0.05, 0.1) is 11.4 Å². The van der Waals surface area contributed by atoms with Crippen LogP contribution in [0.25, 0.3) is 0 Å². The third-order valence-electron chi connectivity index (χ3n) is 4.12. The monoisotopic (exact) mass is 360 g/mol. The van der Waals surface area contributed by atoms with Crippen LogP contribution in [0, 0.1) is 0 Å². The number of carbonyl (C=O) groups excluding carboxylic acids is 2. The van der Waals surface area contributed by atoms with Gasteiger partial charge in [-0.05, 0) is 24.6 Å². The van der Waals surface area contributed by atoms with E-state index in [1.165, 1.54) is 0 Å². The van der Waals surface area contributed by atoms with E-state index in [0.717, 1.165) is 12.1 Å². The molecular formula is C15H22Cl2N4O2. The molecule has 0 saturated carbocycles. The molecule has 6 nitrogen and oxygen atoms in total. The van der Waals surface area contributed by atoms with Gasteiger partial charge in [0.2, 0.25) is 5.91 Å². The molecule has 0 spiro atoms. The number of halogens is 2. The van der Waals surface area contributed by atoms with Gasteiger partial charge in [-0.2, -0.15) is 0 Å².